The molecule has 0 unspecified atom stereocenters. The van der Waals surface area contributed by atoms with Crippen molar-refractivity contribution >= 4 is 28.3 Å². The summed E-state index contributed by atoms with van der Waals surface area (Å²) in [7, 11) is 0. The number of fused-ring (bicyclic) bond motifs is 2. The number of nitrogens with one attached hydrogen (secondary N) is 1. The van der Waals surface area contributed by atoms with Crippen molar-refractivity contribution in [1.29, 1.82) is 0 Å². The van der Waals surface area contributed by atoms with E-state index in [1.54, 1.807) is 0 Å². The standard InChI is InChI=1S/C19H27N3O2S/c1-18(2,3)16(24)21-17-20-13(11-25-17)9-15(23)22-10-12-5-4-6-14(12)19(22)7-8-19/h11-12,14H,4-10H2,1-3H3,(H,20,21,24)/t12-,14-/m0/s1. The Morgan fingerprint density at radius 3 is 2.80 bits per heavy atom. The molecule has 3 fully saturated rings. The zero-order valence-corrected chi connectivity index (χ0v) is 16.1. The predicted molar refractivity (Wildman–Crippen MR) is 98.4 cm³/mol. The summed E-state index contributed by atoms with van der Waals surface area (Å²) in [6.07, 6.45) is 6.64. The first-order valence-electron chi connectivity index (χ1n) is 9.36. The molecular formula is C19H27N3O2S. The van der Waals surface area contributed by atoms with E-state index in [1.165, 1.54) is 43.4 Å². The monoisotopic (exact) mass is 361 g/mol. The lowest BCUT2D eigenvalue weighted by Crippen LogP contribution is -2.40. The normalized spacial score (nSPS) is 26.8. The van der Waals surface area contributed by atoms with Gasteiger partial charge in [-0.1, -0.05) is 27.2 Å². The van der Waals surface area contributed by atoms with Crippen LogP contribution in [0.3, 0.4) is 0 Å². The van der Waals surface area contributed by atoms with Crippen molar-refractivity contribution in [3.05, 3.63) is 11.1 Å². The summed E-state index contributed by atoms with van der Waals surface area (Å²) in [5.74, 6) is 1.63. The predicted octanol–water partition coefficient (Wildman–Crippen LogP) is 3.46. The molecule has 5 nitrogen and oxygen atoms in total. The molecule has 6 heteroatoms. The third-order valence-electron chi connectivity index (χ3n) is 6.15. The summed E-state index contributed by atoms with van der Waals surface area (Å²) in [5, 5.41) is 5.33. The molecule has 1 aromatic rings. The van der Waals surface area contributed by atoms with E-state index in [0.29, 0.717) is 11.6 Å². The minimum atomic E-state index is -0.451. The van der Waals surface area contributed by atoms with Crippen LogP contribution in [0.5, 0.6) is 0 Å². The smallest absolute Gasteiger partial charge is 0.231 e. The number of amides is 2. The lowest BCUT2D eigenvalue weighted by Gasteiger charge is -2.27. The fourth-order valence-electron chi connectivity index (χ4n) is 4.68. The van der Waals surface area contributed by atoms with Crippen LogP contribution in [-0.4, -0.2) is 33.8 Å². The van der Waals surface area contributed by atoms with Crippen LogP contribution >= 0.6 is 11.3 Å². The van der Waals surface area contributed by atoms with E-state index in [2.05, 4.69) is 15.2 Å². The summed E-state index contributed by atoms with van der Waals surface area (Å²) < 4.78 is 0. The molecule has 2 heterocycles. The van der Waals surface area contributed by atoms with Crippen LogP contribution in [0.4, 0.5) is 5.13 Å². The molecule has 0 bridgehead atoms. The summed E-state index contributed by atoms with van der Waals surface area (Å²) in [6.45, 7) is 6.57. The number of aromatic nitrogens is 1. The molecular weight excluding hydrogens is 334 g/mol. The van der Waals surface area contributed by atoms with Gasteiger partial charge in [0.1, 0.15) is 0 Å². The average molecular weight is 362 g/mol. The van der Waals surface area contributed by atoms with Gasteiger partial charge in [0.05, 0.1) is 12.1 Å². The van der Waals surface area contributed by atoms with Gasteiger partial charge >= 0.3 is 0 Å². The highest BCUT2D eigenvalue weighted by Gasteiger charge is 2.62. The van der Waals surface area contributed by atoms with Gasteiger partial charge in [-0.15, -0.1) is 11.3 Å². The van der Waals surface area contributed by atoms with E-state index in [4.69, 9.17) is 0 Å². The number of anilines is 1. The van der Waals surface area contributed by atoms with Crippen LogP contribution < -0.4 is 5.32 Å². The number of carbonyl (C=O) groups is 2. The zero-order valence-electron chi connectivity index (χ0n) is 15.3. The van der Waals surface area contributed by atoms with Crippen molar-refractivity contribution in [1.82, 2.24) is 9.88 Å². The second-order valence-electron chi connectivity index (χ2n) is 8.93. The lowest BCUT2D eigenvalue weighted by molar-refractivity contribution is -0.132. The van der Waals surface area contributed by atoms with Gasteiger partial charge in [-0.25, -0.2) is 4.98 Å². The Balaban J connectivity index is 1.40. The molecule has 1 spiro atoms. The summed E-state index contributed by atoms with van der Waals surface area (Å²) in [6, 6.07) is 0. The minimum Gasteiger partial charge on any atom is -0.336 e. The number of rotatable bonds is 3. The summed E-state index contributed by atoms with van der Waals surface area (Å²) in [5.41, 5.74) is 0.511. The van der Waals surface area contributed by atoms with Crippen LogP contribution in [0.1, 0.15) is 58.6 Å². The van der Waals surface area contributed by atoms with E-state index >= 15 is 0 Å². The van der Waals surface area contributed by atoms with Crippen LogP contribution in [-0.2, 0) is 16.0 Å². The molecule has 1 saturated heterocycles. The van der Waals surface area contributed by atoms with Crippen LogP contribution in [0.15, 0.2) is 5.38 Å². The van der Waals surface area contributed by atoms with Crippen LogP contribution in [0.25, 0.3) is 0 Å². The van der Waals surface area contributed by atoms with E-state index in [9.17, 15) is 9.59 Å². The fourth-order valence-corrected chi connectivity index (χ4v) is 5.38. The molecule has 2 amide bonds. The number of hydrogen-bond acceptors (Lipinski definition) is 4. The topological polar surface area (TPSA) is 62.3 Å². The second kappa shape index (κ2) is 5.79. The first-order chi connectivity index (χ1) is 11.8. The average Bonchev–Trinajstić information content (AvgIpc) is 2.87. The SMILES string of the molecule is CC(C)(C)C(=O)Nc1nc(CC(=O)N2C[C@@H]3CCC[C@@H]3C23CC3)cs1. The second-order valence-corrected chi connectivity index (χ2v) is 9.79. The van der Waals surface area contributed by atoms with Crippen molar-refractivity contribution in [3.63, 3.8) is 0 Å². The molecule has 2 aliphatic carbocycles. The van der Waals surface area contributed by atoms with Gasteiger partial charge in [-0.05, 0) is 37.5 Å². The van der Waals surface area contributed by atoms with Crippen LogP contribution in [0, 0.1) is 17.3 Å². The Labute approximate surface area is 153 Å². The van der Waals surface area contributed by atoms with E-state index < -0.39 is 5.41 Å². The third kappa shape index (κ3) is 2.98. The maximum atomic E-state index is 12.9. The molecule has 2 saturated carbocycles. The van der Waals surface area contributed by atoms with Gasteiger partial charge in [0.25, 0.3) is 0 Å². The highest BCUT2D eigenvalue weighted by molar-refractivity contribution is 7.13. The minimum absolute atomic E-state index is 0.0518. The maximum absolute atomic E-state index is 12.9. The molecule has 2 atom stereocenters. The Morgan fingerprint density at radius 2 is 2.12 bits per heavy atom. The summed E-state index contributed by atoms with van der Waals surface area (Å²) >= 11 is 1.40. The maximum Gasteiger partial charge on any atom is 0.231 e. The third-order valence-corrected chi connectivity index (χ3v) is 6.96. The Morgan fingerprint density at radius 1 is 1.36 bits per heavy atom. The number of carbonyl (C=O) groups excluding carboxylic acids is 2. The van der Waals surface area contributed by atoms with Gasteiger partial charge in [0.2, 0.25) is 11.8 Å². The van der Waals surface area contributed by atoms with E-state index in [1.807, 2.05) is 26.2 Å². The van der Waals surface area contributed by atoms with Crippen molar-refractivity contribution in [2.45, 2.75) is 64.8 Å². The van der Waals surface area contributed by atoms with Gasteiger partial charge in [0, 0.05) is 22.9 Å². The highest BCUT2D eigenvalue weighted by Crippen LogP contribution is 2.60. The number of nitrogens with zero attached hydrogens (tertiary/aromatic N) is 2. The number of thiazole rings is 1. The van der Waals surface area contributed by atoms with Crippen LogP contribution in [0.2, 0.25) is 0 Å². The molecule has 4 rings (SSSR count). The molecule has 0 aromatic carbocycles. The Kier molecular flexibility index (Phi) is 3.94. The zero-order chi connectivity index (χ0) is 17.8. The van der Waals surface area contributed by atoms with Crippen molar-refractivity contribution < 1.29 is 9.59 Å². The van der Waals surface area contributed by atoms with Crippen molar-refractivity contribution in [2.24, 2.45) is 17.3 Å². The van der Waals surface area contributed by atoms with E-state index in [0.717, 1.165) is 24.1 Å². The number of hydrogen-bond donors (Lipinski definition) is 1. The molecule has 0 radical (unpaired) electrons. The highest BCUT2D eigenvalue weighted by atomic mass is 32.1. The Hall–Kier alpha value is -1.43. The van der Waals surface area contributed by atoms with Gasteiger partial charge in [-0.2, -0.15) is 0 Å². The largest absolute Gasteiger partial charge is 0.336 e. The molecule has 1 aromatic heterocycles. The van der Waals surface area contributed by atoms with Crippen molar-refractivity contribution in [3.8, 4) is 0 Å². The fraction of sp³-hybridized carbons (Fsp3) is 0.737. The van der Waals surface area contributed by atoms with Gasteiger partial charge in [-0.3, -0.25) is 9.59 Å². The van der Waals surface area contributed by atoms with Crippen molar-refractivity contribution in [2.75, 3.05) is 11.9 Å². The lowest BCUT2D eigenvalue weighted by atomic mass is 9.92. The first-order valence-corrected chi connectivity index (χ1v) is 10.2. The molecule has 1 aliphatic heterocycles. The summed E-state index contributed by atoms with van der Waals surface area (Å²) in [4.78, 5) is 31.6. The Bertz CT molecular complexity index is 702. The quantitative estimate of drug-likeness (QED) is 0.897. The number of likely N-dealkylation sites (tertiary alicyclic amines) is 1. The molecule has 1 N–H and O–H groups in total. The van der Waals surface area contributed by atoms with E-state index in [-0.39, 0.29) is 17.4 Å². The first kappa shape index (κ1) is 17.0. The molecule has 136 valence electrons. The van der Waals surface area contributed by atoms with Gasteiger partial charge < -0.3 is 10.2 Å². The molecule has 25 heavy (non-hydrogen) atoms. The molecule has 3 aliphatic rings. The van der Waals surface area contributed by atoms with Gasteiger partial charge in [0.15, 0.2) is 5.13 Å².